The second-order valence-electron chi connectivity index (χ2n) is 5.49. The molecule has 26 heavy (non-hydrogen) atoms. The summed E-state index contributed by atoms with van der Waals surface area (Å²) in [6.07, 6.45) is 1.65. The fourth-order valence-corrected chi connectivity index (χ4v) is 4.37. The number of carbonyl (C=O) groups excluding carboxylic acids is 2. The van der Waals surface area contributed by atoms with Crippen molar-refractivity contribution in [1.82, 2.24) is 14.8 Å². The van der Waals surface area contributed by atoms with Crippen molar-refractivity contribution in [3.8, 4) is 0 Å². The van der Waals surface area contributed by atoms with Gasteiger partial charge in [-0.1, -0.05) is 11.8 Å². The third kappa shape index (κ3) is 4.36. The van der Waals surface area contributed by atoms with E-state index >= 15 is 0 Å². The van der Waals surface area contributed by atoms with Crippen LogP contribution in [0.15, 0.2) is 11.5 Å². The van der Waals surface area contributed by atoms with Crippen molar-refractivity contribution in [2.45, 2.75) is 44.6 Å². The molecule has 2 rings (SSSR count). The van der Waals surface area contributed by atoms with Crippen molar-refractivity contribution >= 4 is 40.0 Å². The van der Waals surface area contributed by atoms with Crippen LogP contribution in [0, 0.1) is 0 Å². The molecule has 0 amide bonds. The summed E-state index contributed by atoms with van der Waals surface area (Å²) in [7, 11) is 0. The topological polar surface area (TPSA) is 109 Å². The highest BCUT2D eigenvalue weighted by Gasteiger charge is 2.28. The van der Waals surface area contributed by atoms with E-state index in [1.54, 1.807) is 20.2 Å². The Hall–Kier alpha value is -2.07. The van der Waals surface area contributed by atoms with Crippen molar-refractivity contribution in [2.24, 2.45) is 0 Å². The molecule has 2 heterocycles. The maximum absolute atomic E-state index is 12.3. The summed E-state index contributed by atoms with van der Waals surface area (Å²) in [5, 5.41) is 8.95. The molecule has 8 nitrogen and oxygen atoms in total. The lowest BCUT2D eigenvalue weighted by Gasteiger charge is -2.10. The summed E-state index contributed by atoms with van der Waals surface area (Å²) in [4.78, 5) is 24.9. The van der Waals surface area contributed by atoms with Gasteiger partial charge in [-0.3, -0.25) is 0 Å². The van der Waals surface area contributed by atoms with Crippen LogP contribution in [0.3, 0.4) is 0 Å². The van der Waals surface area contributed by atoms with E-state index in [1.807, 2.05) is 18.4 Å². The van der Waals surface area contributed by atoms with Gasteiger partial charge in [0, 0.05) is 17.4 Å². The van der Waals surface area contributed by atoms with Crippen LogP contribution >= 0.6 is 23.1 Å². The molecule has 0 saturated heterocycles. The van der Waals surface area contributed by atoms with Gasteiger partial charge in [-0.2, -0.15) is 0 Å². The number of carbonyl (C=O) groups is 2. The van der Waals surface area contributed by atoms with Crippen molar-refractivity contribution in [1.29, 1.82) is 0 Å². The van der Waals surface area contributed by atoms with Crippen molar-refractivity contribution < 1.29 is 19.1 Å². The van der Waals surface area contributed by atoms with E-state index in [-0.39, 0.29) is 29.8 Å². The minimum absolute atomic E-state index is 0.189. The van der Waals surface area contributed by atoms with Gasteiger partial charge in [0.25, 0.3) is 0 Å². The van der Waals surface area contributed by atoms with E-state index in [9.17, 15) is 9.59 Å². The Morgan fingerprint density at radius 2 is 1.92 bits per heavy atom. The number of hydrogen-bond acceptors (Lipinski definition) is 9. The molecule has 0 aliphatic carbocycles. The van der Waals surface area contributed by atoms with Crippen LogP contribution in [0.1, 0.15) is 59.3 Å². The normalized spacial score (nSPS) is 11.0. The Morgan fingerprint density at radius 3 is 2.54 bits per heavy atom. The number of anilines is 1. The molecule has 2 N–H and O–H groups in total. The largest absolute Gasteiger partial charge is 0.462 e. The van der Waals surface area contributed by atoms with Crippen molar-refractivity contribution in [2.75, 3.05) is 18.9 Å². The predicted molar refractivity (Wildman–Crippen MR) is 101 cm³/mol. The second kappa shape index (κ2) is 9.04. The van der Waals surface area contributed by atoms with Crippen LogP contribution < -0.4 is 5.73 Å². The van der Waals surface area contributed by atoms with Crippen LogP contribution in [-0.2, 0) is 15.2 Å². The van der Waals surface area contributed by atoms with Crippen molar-refractivity contribution in [3.05, 3.63) is 22.3 Å². The summed E-state index contributed by atoms with van der Waals surface area (Å²) < 4.78 is 12.1. The molecule has 142 valence electrons. The van der Waals surface area contributed by atoms with Gasteiger partial charge in [0.1, 0.15) is 16.2 Å². The van der Waals surface area contributed by atoms with Crippen LogP contribution in [0.25, 0.3) is 0 Å². The first-order chi connectivity index (χ1) is 12.4. The van der Waals surface area contributed by atoms with Crippen molar-refractivity contribution in [3.63, 3.8) is 0 Å². The molecule has 0 fully saturated rings. The average molecular weight is 399 g/mol. The monoisotopic (exact) mass is 398 g/mol. The van der Waals surface area contributed by atoms with E-state index in [0.29, 0.717) is 21.3 Å². The SMILES string of the molecule is CCOC(=O)c1sc(N)c(C(=O)OCC)c1CSc1nncn1C(C)C. The molecule has 0 radical (unpaired) electrons. The summed E-state index contributed by atoms with van der Waals surface area (Å²) >= 11 is 2.41. The van der Waals surface area contributed by atoms with Gasteiger partial charge in [0.05, 0.1) is 18.8 Å². The number of esters is 2. The Morgan fingerprint density at radius 1 is 1.27 bits per heavy atom. The molecule has 0 aromatic carbocycles. The standard InChI is InChI=1S/C16H22N4O4S2/c1-5-23-14(21)11-10(12(26-13(11)17)15(22)24-6-2)7-25-16-19-18-8-20(16)9(3)4/h8-9H,5-7,17H2,1-4H3. The zero-order chi connectivity index (χ0) is 19.3. The fraction of sp³-hybridized carbons (Fsp3) is 0.500. The maximum atomic E-state index is 12.3. The molecular formula is C16H22N4O4S2. The summed E-state index contributed by atoms with van der Waals surface area (Å²) in [6, 6.07) is 0.189. The number of aromatic nitrogens is 3. The minimum atomic E-state index is -0.544. The van der Waals surface area contributed by atoms with Crippen LogP contribution in [0.5, 0.6) is 0 Å². The number of ether oxygens (including phenoxy) is 2. The predicted octanol–water partition coefficient (Wildman–Crippen LogP) is 3.15. The highest BCUT2D eigenvalue weighted by atomic mass is 32.2. The fourth-order valence-electron chi connectivity index (χ4n) is 2.24. The second-order valence-corrected chi connectivity index (χ2v) is 7.49. The minimum Gasteiger partial charge on any atom is -0.462 e. The maximum Gasteiger partial charge on any atom is 0.348 e. The number of thioether (sulfide) groups is 1. The molecule has 0 atom stereocenters. The van der Waals surface area contributed by atoms with Crippen LogP contribution in [-0.4, -0.2) is 39.9 Å². The van der Waals surface area contributed by atoms with E-state index in [4.69, 9.17) is 15.2 Å². The molecule has 0 aliphatic heterocycles. The molecule has 0 saturated carbocycles. The first-order valence-electron chi connectivity index (χ1n) is 8.18. The van der Waals surface area contributed by atoms with Gasteiger partial charge in [0.2, 0.25) is 0 Å². The number of nitrogens with two attached hydrogens (primary N) is 1. The number of hydrogen-bond donors (Lipinski definition) is 1. The Bertz CT molecular complexity index is 785. The molecule has 2 aromatic heterocycles. The first kappa shape index (κ1) is 20.2. The van der Waals surface area contributed by atoms with Gasteiger partial charge in [-0.05, 0) is 27.7 Å². The zero-order valence-electron chi connectivity index (χ0n) is 15.1. The quantitative estimate of drug-likeness (QED) is 0.533. The number of nitrogen functional groups attached to an aromatic ring is 1. The Labute approximate surface area is 160 Å². The highest BCUT2D eigenvalue weighted by molar-refractivity contribution is 7.98. The van der Waals surface area contributed by atoms with E-state index in [0.717, 1.165) is 11.3 Å². The van der Waals surface area contributed by atoms with Crippen LogP contribution in [0.4, 0.5) is 5.00 Å². The summed E-state index contributed by atoms with van der Waals surface area (Å²) in [5.74, 6) is -0.722. The lowest BCUT2D eigenvalue weighted by Crippen LogP contribution is -2.11. The van der Waals surface area contributed by atoms with Gasteiger partial charge in [-0.25, -0.2) is 9.59 Å². The van der Waals surface area contributed by atoms with Crippen LogP contribution in [0.2, 0.25) is 0 Å². The summed E-state index contributed by atoms with van der Waals surface area (Å²) in [5.41, 5.74) is 6.73. The number of nitrogens with zero attached hydrogens (tertiary/aromatic N) is 3. The lowest BCUT2D eigenvalue weighted by atomic mass is 10.1. The average Bonchev–Trinajstić information content (AvgIpc) is 3.17. The number of thiophene rings is 1. The first-order valence-corrected chi connectivity index (χ1v) is 9.98. The van der Waals surface area contributed by atoms with Gasteiger partial charge < -0.3 is 19.8 Å². The van der Waals surface area contributed by atoms with E-state index < -0.39 is 11.9 Å². The Kier molecular flexibility index (Phi) is 7.04. The van der Waals surface area contributed by atoms with Gasteiger partial charge in [-0.15, -0.1) is 21.5 Å². The molecule has 2 aromatic rings. The van der Waals surface area contributed by atoms with E-state index in [1.165, 1.54) is 11.8 Å². The molecule has 0 bridgehead atoms. The molecule has 0 aliphatic rings. The Balaban J connectivity index is 2.38. The zero-order valence-corrected chi connectivity index (χ0v) is 16.8. The molecular weight excluding hydrogens is 376 g/mol. The smallest absolute Gasteiger partial charge is 0.348 e. The number of rotatable bonds is 8. The third-order valence-corrected chi connectivity index (χ3v) is 5.44. The van der Waals surface area contributed by atoms with E-state index in [2.05, 4.69) is 10.2 Å². The molecule has 10 heteroatoms. The van der Waals surface area contributed by atoms with Gasteiger partial charge >= 0.3 is 11.9 Å². The molecule has 0 spiro atoms. The third-order valence-electron chi connectivity index (χ3n) is 3.42. The van der Waals surface area contributed by atoms with Gasteiger partial charge in [0.15, 0.2) is 5.16 Å². The highest BCUT2D eigenvalue weighted by Crippen LogP contribution is 2.36. The molecule has 0 unspecified atom stereocenters. The summed E-state index contributed by atoms with van der Waals surface area (Å²) in [6.45, 7) is 7.93. The lowest BCUT2D eigenvalue weighted by molar-refractivity contribution is 0.0527.